The van der Waals surface area contributed by atoms with Crippen molar-refractivity contribution in [1.29, 1.82) is 0 Å². The third kappa shape index (κ3) is 2.81. The van der Waals surface area contributed by atoms with Crippen LogP contribution in [0.25, 0.3) is 0 Å². The molecule has 0 aromatic carbocycles. The molecule has 1 aliphatic rings. The van der Waals surface area contributed by atoms with E-state index < -0.39 is 11.2 Å². The van der Waals surface area contributed by atoms with Crippen molar-refractivity contribution in [2.24, 2.45) is 0 Å². The van der Waals surface area contributed by atoms with Gasteiger partial charge in [-0.1, -0.05) is 13.8 Å². The Bertz CT molecular complexity index is 164. The molecule has 0 bridgehead atoms. The predicted molar refractivity (Wildman–Crippen MR) is 53.6 cm³/mol. The highest BCUT2D eigenvalue weighted by molar-refractivity contribution is 7.99. The zero-order chi connectivity index (χ0) is 9.90. The van der Waals surface area contributed by atoms with Crippen LogP contribution >= 0.6 is 11.8 Å². The molecule has 1 heterocycles. The Kier molecular flexibility index (Phi) is 3.98. The minimum Gasteiger partial charge on any atom is -0.302 e. The number of hydrogen-bond donors (Lipinski definition) is 0. The minimum absolute atomic E-state index is 0.0263. The van der Waals surface area contributed by atoms with Crippen LogP contribution in [0.5, 0.6) is 0 Å². The van der Waals surface area contributed by atoms with E-state index in [-0.39, 0.29) is 6.42 Å². The minimum atomic E-state index is -2.45. The summed E-state index contributed by atoms with van der Waals surface area (Å²) in [5.41, 5.74) is 0. The van der Waals surface area contributed by atoms with Gasteiger partial charge in [-0.15, -0.1) is 0 Å². The van der Waals surface area contributed by atoms with Crippen LogP contribution in [0.4, 0.5) is 8.78 Å². The summed E-state index contributed by atoms with van der Waals surface area (Å²) in [6.45, 7) is 5.94. The smallest absolute Gasteiger partial charge is 0.262 e. The Hall–Kier alpha value is 0.170. The normalized spacial score (nSPS) is 29.1. The molecular weight excluding hydrogens is 192 g/mol. The van der Waals surface area contributed by atoms with Crippen molar-refractivity contribution in [2.45, 2.75) is 31.4 Å². The first kappa shape index (κ1) is 11.2. The maximum Gasteiger partial charge on any atom is 0.262 e. The van der Waals surface area contributed by atoms with Gasteiger partial charge in [0.1, 0.15) is 0 Å². The highest BCUT2D eigenvalue weighted by Crippen LogP contribution is 2.35. The molecule has 1 saturated heterocycles. The van der Waals surface area contributed by atoms with E-state index in [0.717, 1.165) is 12.3 Å². The predicted octanol–water partition coefficient (Wildman–Crippen LogP) is 2.47. The number of piperidine rings is 1. The first-order chi connectivity index (χ1) is 6.10. The molecule has 1 fully saturated rings. The van der Waals surface area contributed by atoms with Gasteiger partial charge in [0, 0.05) is 19.5 Å². The molecule has 1 unspecified atom stereocenters. The van der Waals surface area contributed by atoms with Crippen molar-refractivity contribution in [1.82, 2.24) is 4.90 Å². The Morgan fingerprint density at radius 1 is 1.46 bits per heavy atom. The Labute approximate surface area is 82.9 Å². The second-order valence-electron chi connectivity index (χ2n) is 3.35. The number of thioether (sulfide) groups is 1. The van der Waals surface area contributed by atoms with Gasteiger partial charge >= 0.3 is 0 Å². The first-order valence-corrected chi connectivity index (χ1v) is 5.86. The summed E-state index contributed by atoms with van der Waals surface area (Å²) < 4.78 is 26.6. The lowest BCUT2D eigenvalue weighted by Crippen LogP contribution is -2.49. The third-order valence-corrected chi connectivity index (χ3v) is 3.70. The van der Waals surface area contributed by atoms with E-state index >= 15 is 0 Å². The topological polar surface area (TPSA) is 3.24 Å². The summed E-state index contributed by atoms with van der Waals surface area (Å²) >= 11 is 1.39. The summed E-state index contributed by atoms with van der Waals surface area (Å²) in [7, 11) is 0. The van der Waals surface area contributed by atoms with Crippen LogP contribution in [-0.2, 0) is 0 Å². The lowest BCUT2D eigenvalue weighted by Gasteiger charge is -2.37. The van der Waals surface area contributed by atoms with Crippen LogP contribution in [0.2, 0.25) is 0 Å². The molecule has 0 amide bonds. The lowest BCUT2D eigenvalue weighted by atomic mass is 10.1. The summed E-state index contributed by atoms with van der Waals surface area (Å²) in [5, 5.41) is -0.494. The zero-order valence-corrected chi connectivity index (χ0v) is 9.04. The van der Waals surface area contributed by atoms with E-state index in [9.17, 15) is 8.78 Å². The van der Waals surface area contributed by atoms with Gasteiger partial charge in [0.2, 0.25) is 0 Å². The Morgan fingerprint density at radius 3 is 2.69 bits per heavy atom. The quantitative estimate of drug-likeness (QED) is 0.702. The van der Waals surface area contributed by atoms with Gasteiger partial charge < -0.3 is 4.90 Å². The molecule has 0 radical (unpaired) electrons. The second-order valence-corrected chi connectivity index (χ2v) is 4.83. The lowest BCUT2D eigenvalue weighted by molar-refractivity contribution is -0.0472. The van der Waals surface area contributed by atoms with Gasteiger partial charge in [0.25, 0.3) is 5.92 Å². The van der Waals surface area contributed by atoms with Crippen LogP contribution in [-0.4, -0.2) is 41.5 Å². The molecule has 78 valence electrons. The van der Waals surface area contributed by atoms with Crippen LogP contribution < -0.4 is 0 Å². The van der Waals surface area contributed by atoms with E-state index in [1.54, 1.807) is 0 Å². The van der Waals surface area contributed by atoms with Gasteiger partial charge in [0.15, 0.2) is 0 Å². The van der Waals surface area contributed by atoms with Crippen molar-refractivity contribution < 1.29 is 8.78 Å². The molecule has 0 N–H and O–H groups in total. The molecule has 0 aliphatic carbocycles. The van der Waals surface area contributed by atoms with Gasteiger partial charge in [-0.05, 0) is 12.3 Å². The molecule has 0 aromatic heterocycles. The van der Waals surface area contributed by atoms with Crippen molar-refractivity contribution in [3.05, 3.63) is 0 Å². The molecule has 1 rings (SSSR count). The fraction of sp³-hybridized carbons (Fsp3) is 1.00. The number of nitrogens with zero attached hydrogens (tertiary/aromatic N) is 1. The average molecular weight is 209 g/mol. The number of hydrogen-bond acceptors (Lipinski definition) is 2. The number of rotatable bonds is 3. The van der Waals surface area contributed by atoms with E-state index in [2.05, 4.69) is 4.90 Å². The summed E-state index contributed by atoms with van der Waals surface area (Å²) in [6.07, 6.45) is 0.0263. The van der Waals surface area contributed by atoms with Crippen LogP contribution in [0.3, 0.4) is 0 Å². The van der Waals surface area contributed by atoms with E-state index in [4.69, 9.17) is 0 Å². The van der Waals surface area contributed by atoms with Gasteiger partial charge in [-0.2, -0.15) is 11.8 Å². The fourth-order valence-corrected chi connectivity index (χ4v) is 2.67. The first-order valence-electron chi connectivity index (χ1n) is 4.82. The van der Waals surface area contributed by atoms with Crippen molar-refractivity contribution in [3.63, 3.8) is 0 Å². The van der Waals surface area contributed by atoms with E-state index in [0.29, 0.717) is 13.1 Å². The maximum absolute atomic E-state index is 13.3. The summed E-state index contributed by atoms with van der Waals surface area (Å²) in [4.78, 5) is 2.10. The van der Waals surface area contributed by atoms with Gasteiger partial charge in [-0.25, -0.2) is 8.78 Å². The maximum atomic E-state index is 13.3. The Balaban J connectivity index is 2.52. The van der Waals surface area contributed by atoms with E-state index in [1.807, 2.05) is 13.8 Å². The van der Waals surface area contributed by atoms with Crippen molar-refractivity contribution in [2.75, 3.05) is 25.4 Å². The monoisotopic (exact) mass is 209 g/mol. The SMILES string of the molecule is CCSC1CN(CC)CCC1(F)F. The van der Waals surface area contributed by atoms with Gasteiger partial charge in [-0.3, -0.25) is 0 Å². The summed E-state index contributed by atoms with van der Waals surface area (Å²) in [6, 6.07) is 0. The molecule has 0 saturated carbocycles. The fourth-order valence-electron chi connectivity index (χ4n) is 1.59. The standard InChI is InChI=1S/C9H17F2NS/c1-3-12-6-5-9(10,11)8(7-12)13-4-2/h8H,3-7H2,1-2H3. The Morgan fingerprint density at radius 2 is 2.15 bits per heavy atom. The zero-order valence-electron chi connectivity index (χ0n) is 8.22. The largest absolute Gasteiger partial charge is 0.302 e. The number of likely N-dealkylation sites (tertiary alicyclic amines) is 1. The van der Waals surface area contributed by atoms with Crippen LogP contribution in [0.1, 0.15) is 20.3 Å². The molecular formula is C9H17F2NS. The molecule has 0 aromatic rings. The van der Waals surface area contributed by atoms with Crippen LogP contribution in [0.15, 0.2) is 0 Å². The number of halogens is 2. The van der Waals surface area contributed by atoms with Crippen molar-refractivity contribution in [3.8, 4) is 0 Å². The molecule has 13 heavy (non-hydrogen) atoms. The third-order valence-electron chi connectivity index (χ3n) is 2.47. The van der Waals surface area contributed by atoms with E-state index in [1.165, 1.54) is 11.8 Å². The molecule has 4 heteroatoms. The highest BCUT2D eigenvalue weighted by atomic mass is 32.2. The van der Waals surface area contributed by atoms with Crippen LogP contribution in [0, 0.1) is 0 Å². The van der Waals surface area contributed by atoms with Gasteiger partial charge in [0.05, 0.1) is 5.25 Å². The average Bonchev–Trinajstić information content (AvgIpc) is 2.09. The molecule has 1 aliphatic heterocycles. The molecule has 0 spiro atoms. The van der Waals surface area contributed by atoms with Crippen molar-refractivity contribution >= 4 is 11.8 Å². The highest BCUT2D eigenvalue weighted by Gasteiger charge is 2.43. The second kappa shape index (κ2) is 4.60. The summed E-state index contributed by atoms with van der Waals surface area (Å²) in [5.74, 6) is -1.68. The molecule has 1 atom stereocenters. The molecule has 1 nitrogen and oxygen atoms in total. The number of alkyl halides is 2.